The Hall–Kier alpha value is -3.44. The van der Waals surface area contributed by atoms with Crippen molar-refractivity contribution >= 4 is 35.6 Å². The number of carboxylic acids is 2. The molecule has 0 aromatic rings. The first-order valence-electron chi connectivity index (χ1n) is 18.7. The van der Waals surface area contributed by atoms with Crippen LogP contribution in [0.25, 0.3) is 0 Å². The minimum absolute atomic E-state index is 0. The number of aliphatic hydroxyl groups is 10. The fourth-order valence-corrected chi connectivity index (χ4v) is 5.70. The Morgan fingerprint density at radius 3 is 1.36 bits per heavy atom. The Labute approximate surface area is 372 Å². The van der Waals surface area contributed by atoms with Crippen LogP contribution in [0.2, 0.25) is 0 Å². The summed E-state index contributed by atoms with van der Waals surface area (Å²) in [6.07, 6.45) is -16.6. The van der Waals surface area contributed by atoms with Crippen molar-refractivity contribution in [1.29, 1.82) is 0 Å². The number of carboxylic acid groups (broad SMARTS) is 2. The molecule has 376 valence electrons. The van der Waals surface area contributed by atoms with Crippen LogP contribution in [0.4, 0.5) is 17.6 Å². The lowest BCUT2D eigenvalue weighted by Crippen LogP contribution is -3.00. The average Bonchev–Trinajstić information content (AvgIpc) is 3.46. The molecule has 0 saturated carbocycles. The second-order valence-corrected chi connectivity index (χ2v) is 14.2. The monoisotopic (exact) mass is 990 g/mol. The number of nitrogens with one attached hydrogen (secondary N) is 4. The third-order valence-corrected chi connectivity index (χ3v) is 9.48. The molecule has 2 aliphatic rings. The maximum Gasteiger partial charge on any atom is 0.379 e. The van der Waals surface area contributed by atoms with Crippen molar-refractivity contribution in [3.8, 4) is 0 Å². The van der Waals surface area contributed by atoms with Gasteiger partial charge in [-0.15, -0.1) is 0 Å². The highest BCUT2D eigenvalue weighted by atomic mass is 35.5. The molecule has 2 saturated heterocycles. The molecule has 0 unspecified atom stereocenters. The first-order chi connectivity index (χ1) is 28.6. The summed E-state index contributed by atoms with van der Waals surface area (Å²) in [5.41, 5.74) is 7.08. The molecular formula is C32H56Cl2F4N6O20. The lowest BCUT2D eigenvalue weighted by Gasteiger charge is -2.47. The summed E-state index contributed by atoms with van der Waals surface area (Å²) in [5, 5.41) is 121. The highest BCUT2D eigenvalue weighted by molar-refractivity contribution is 5.86. The van der Waals surface area contributed by atoms with E-state index in [9.17, 15) is 87.2 Å². The zero-order chi connectivity index (χ0) is 48.0. The highest BCUT2D eigenvalue weighted by Gasteiger charge is 2.71. The number of carbonyl (C=O) groups is 6. The van der Waals surface area contributed by atoms with E-state index in [4.69, 9.17) is 20.4 Å². The number of halogens is 6. The zero-order valence-electron chi connectivity index (χ0n) is 33.6. The third-order valence-electron chi connectivity index (χ3n) is 9.48. The number of quaternary nitrogens is 2. The number of unbranched alkanes of at least 4 members (excludes halogenated alkanes) is 2. The van der Waals surface area contributed by atoms with E-state index in [1.807, 2.05) is 10.6 Å². The molecule has 0 radical (unpaired) electrons. The van der Waals surface area contributed by atoms with E-state index in [-0.39, 0.29) is 76.4 Å². The maximum atomic E-state index is 14.5. The number of alkyl halides is 4. The van der Waals surface area contributed by atoms with E-state index in [0.29, 0.717) is 0 Å². The normalized spacial score (nSPS) is 28.0. The molecule has 2 heterocycles. The van der Waals surface area contributed by atoms with E-state index in [1.54, 1.807) is 0 Å². The molecule has 0 bridgehead atoms. The molecule has 26 nitrogen and oxygen atoms in total. The number of aliphatic hydroxyl groups excluding tert-OH is 8. The van der Waals surface area contributed by atoms with Gasteiger partial charge in [-0.3, -0.25) is 28.8 Å². The molecule has 2 fully saturated rings. The maximum absolute atomic E-state index is 14.5. The quantitative estimate of drug-likeness (QED) is 0.0334. The molecule has 0 aromatic carbocycles. The van der Waals surface area contributed by atoms with Crippen LogP contribution in [0.3, 0.4) is 0 Å². The largest absolute Gasteiger partial charge is 1.00 e. The van der Waals surface area contributed by atoms with Gasteiger partial charge in [0, 0.05) is 25.9 Å². The van der Waals surface area contributed by atoms with Crippen LogP contribution in [0.5, 0.6) is 0 Å². The fraction of sp³-hybridized carbons (Fsp3) is 0.812. The van der Waals surface area contributed by atoms with Gasteiger partial charge in [-0.2, -0.15) is 17.6 Å². The summed E-state index contributed by atoms with van der Waals surface area (Å²) in [7, 11) is 0. The second kappa shape index (κ2) is 27.3. The van der Waals surface area contributed by atoms with Crippen molar-refractivity contribution in [3.63, 3.8) is 0 Å². The van der Waals surface area contributed by atoms with Gasteiger partial charge in [0.15, 0.2) is 12.1 Å². The van der Waals surface area contributed by atoms with E-state index in [0.717, 1.165) is 0 Å². The van der Waals surface area contributed by atoms with Gasteiger partial charge >= 0.3 is 23.8 Å². The smallest absolute Gasteiger partial charge is 0.379 e. The molecule has 0 aliphatic carbocycles. The minimum Gasteiger partial charge on any atom is -1.00 e. The predicted molar refractivity (Wildman–Crippen MR) is 188 cm³/mol. The number of rotatable bonds is 23. The van der Waals surface area contributed by atoms with Crippen molar-refractivity contribution in [3.05, 3.63) is 0 Å². The van der Waals surface area contributed by atoms with Gasteiger partial charge < -0.3 is 128 Å². The third kappa shape index (κ3) is 15.9. The van der Waals surface area contributed by atoms with E-state index in [1.165, 1.54) is 0 Å². The fourth-order valence-electron chi connectivity index (χ4n) is 5.70. The summed E-state index contributed by atoms with van der Waals surface area (Å²) >= 11 is 0. The van der Waals surface area contributed by atoms with Gasteiger partial charge in [-0.25, -0.2) is 0 Å². The van der Waals surface area contributed by atoms with Crippen LogP contribution < -0.4 is 57.5 Å². The number of hydrogen-bond acceptors (Lipinski definition) is 18. The van der Waals surface area contributed by atoms with Crippen LogP contribution in [0.1, 0.15) is 38.5 Å². The molecule has 0 spiro atoms. The Morgan fingerprint density at radius 2 is 1.00 bits per heavy atom. The minimum atomic E-state index is -4.77. The first-order valence-corrected chi connectivity index (χ1v) is 18.7. The van der Waals surface area contributed by atoms with Crippen molar-refractivity contribution in [1.82, 2.24) is 21.3 Å². The van der Waals surface area contributed by atoms with Crippen molar-refractivity contribution in [2.45, 2.75) is 123 Å². The molecule has 12 atom stereocenters. The number of hydrogen-bond donors (Lipinski definition) is 18. The Kier molecular flexibility index (Phi) is 26.7. The SMILES string of the molecule is [Cl-].[Cl-].[NH3+][C@@H](CCCCNC(=O)C(F)(F)[C@]1(O)O[C@@H]([C@@H](O)CO)[C@@H](O)[C@H]1O)C(=O)NCC(=O)O.[NH3+][C@@H](CCCCNC(=O)C(F)(F)[C@]1(O)O[C@H](CO)[C@H](O)[C@H](O)[C@H]1O)C(=O)NCC(=O)O. The standard InChI is InChI=1S/2C16H27F2N3O10.2ClH/c17-15(18,16(30)12(27)10(26)11(31-16)8(23)6-22)14(29)20-4-2-1-3-7(19)13(28)21-5-9(24)25;17-15(18,16(30)12(27)11(26)10(25)8(6-22)31-16)14(29)20-4-2-1-3-7(19)13(28)21-5-9(23)24;;/h7-8,10-12,22-23,26-27,30H,1-6,19H2,(H,20,29)(H,21,28)(H,24,25);7-8,10-12,22,25-27,30H,1-6,19H2,(H,20,29)(H,21,28)(H,23,24);2*1H/t7-,8-,10+,11-,12+,16+;7-,8+,10-,11-,12+,16+;;/m00../s1. The highest BCUT2D eigenvalue weighted by Crippen LogP contribution is 2.42. The van der Waals surface area contributed by atoms with Gasteiger partial charge in [0.1, 0.15) is 61.9 Å². The van der Waals surface area contributed by atoms with Crippen LogP contribution in [0.15, 0.2) is 0 Å². The lowest BCUT2D eigenvalue weighted by molar-refractivity contribution is -0.405. The van der Waals surface area contributed by atoms with Gasteiger partial charge in [0.25, 0.3) is 35.2 Å². The van der Waals surface area contributed by atoms with E-state index >= 15 is 0 Å². The molecule has 64 heavy (non-hydrogen) atoms. The lowest BCUT2D eigenvalue weighted by atomic mass is 9.88. The number of amides is 4. The molecule has 2 aliphatic heterocycles. The second-order valence-electron chi connectivity index (χ2n) is 14.2. The predicted octanol–water partition coefficient (Wildman–Crippen LogP) is -16.2. The van der Waals surface area contributed by atoms with Crippen LogP contribution in [0, 0.1) is 0 Å². The molecule has 32 heteroatoms. The summed E-state index contributed by atoms with van der Waals surface area (Å²) < 4.78 is 66.9. The van der Waals surface area contributed by atoms with Gasteiger partial charge in [0.2, 0.25) is 0 Å². The van der Waals surface area contributed by atoms with Crippen molar-refractivity contribution in [2.24, 2.45) is 0 Å². The van der Waals surface area contributed by atoms with Crippen molar-refractivity contribution in [2.75, 3.05) is 39.4 Å². The van der Waals surface area contributed by atoms with Gasteiger partial charge in [-0.1, -0.05) is 0 Å². The Bertz CT molecular complexity index is 1540. The first kappa shape index (κ1) is 62.6. The Morgan fingerprint density at radius 1 is 0.625 bits per heavy atom. The van der Waals surface area contributed by atoms with Crippen LogP contribution in [-0.4, -0.2) is 221 Å². The van der Waals surface area contributed by atoms with E-state index < -0.39 is 146 Å². The molecular weight excluding hydrogens is 935 g/mol. The summed E-state index contributed by atoms with van der Waals surface area (Å²) in [4.78, 5) is 67.7. The van der Waals surface area contributed by atoms with Crippen LogP contribution in [-0.2, 0) is 38.2 Å². The van der Waals surface area contributed by atoms with Crippen LogP contribution >= 0.6 is 0 Å². The van der Waals surface area contributed by atoms with E-state index in [2.05, 4.69) is 31.6 Å². The number of carbonyl (C=O) groups excluding carboxylic acids is 4. The molecule has 22 N–H and O–H groups in total. The Balaban J connectivity index is 0. The van der Waals surface area contributed by atoms with Gasteiger partial charge in [0.05, 0.1) is 13.2 Å². The number of aliphatic carboxylic acids is 2. The van der Waals surface area contributed by atoms with Crippen molar-refractivity contribution < 1.29 is 153 Å². The summed E-state index contributed by atoms with van der Waals surface area (Å²) in [6.45, 7) is -3.89. The average molecular weight is 992 g/mol. The van der Waals surface area contributed by atoms with Gasteiger partial charge in [-0.05, 0) is 25.7 Å². The summed E-state index contributed by atoms with van der Waals surface area (Å²) in [5.74, 6) is -25.0. The number of ether oxygens (including phenoxy) is 2. The molecule has 4 amide bonds. The molecule has 0 aromatic heterocycles. The molecule has 2 rings (SSSR count). The topological polar surface area (TPSA) is 467 Å². The zero-order valence-corrected chi connectivity index (χ0v) is 35.1. The summed E-state index contributed by atoms with van der Waals surface area (Å²) in [6, 6.07) is -1.60.